The molecule has 1 saturated heterocycles. The number of hydrogen-bond donors (Lipinski definition) is 2. The normalized spacial score (nSPS) is 20.2. The Bertz CT molecular complexity index is 563. The minimum Gasteiger partial charge on any atom is -0.382 e. The van der Waals surface area contributed by atoms with E-state index in [2.05, 4.69) is 27.1 Å². The van der Waals surface area contributed by atoms with Crippen molar-refractivity contribution in [2.45, 2.75) is 13.3 Å². The van der Waals surface area contributed by atoms with E-state index in [0.29, 0.717) is 11.7 Å². The molecule has 0 bridgehead atoms. The van der Waals surface area contributed by atoms with Crippen LogP contribution >= 0.6 is 0 Å². The molecule has 0 spiro atoms. The topological polar surface area (TPSA) is 71.5 Å². The smallest absolute Gasteiger partial charge is 0.180 e. The number of rotatable bonds is 4. The van der Waals surface area contributed by atoms with Crippen molar-refractivity contribution in [3.8, 4) is 0 Å². The third kappa shape index (κ3) is 2.49. The van der Waals surface area contributed by atoms with Gasteiger partial charge in [-0.2, -0.15) is 0 Å². The Kier molecular flexibility index (Phi) is 3.25. The van der Waals surface area contributed by atoms with E-state index in [4.69, 9.17) is 5.73 Å². The summed E-state index contributed by atoms with van der Waals surface area (Å²) >= 11 is 0. The standard InChI is InChI=1S/C13H20N6/c1-2-18-5-3-10(8-18)7-16-12-13-15-4-6-19(13)9-11(14)17-12/h4,6,9-10H,2-3,5,7-8,14H2,1H3,(H,16,17). The molecule has 6 nitrogen and oxygen atoms in total. The van der Waals surface area contributed by atoms with Crippen LogP contribution in [0.25, 0.3) is 5.65 Å². The molecular weight excluding hydrogens is 240 g/mol. The van der Waals surface area contributed by atoms with Crippen molar-refractivity contribution in [3.63, 3.8) is 0 Å². The summed E-state index contributed by atoms with van der Waals surface area (Å²) in [4.78, 5) is 11.1. The zero-order valence-corrected chi connectivity index (χ0v) is 11.2. The average Bonchev–Trinajstić information content (AvgIpc) is 3.03. The van der Waals surface area contributed by atoms with Crippen molar-refractivity contribution in [1.29, 1.82) is 0 Å². The number of nitrogens with one attached hydrogen (secondary N) is 1. The van der Waals surface area contributed by atoms with E-state index >= 15 is 0 Å². The number of fused-ring (bicyclic) bond motifs is 1. The SMILES string of the molecule is CCN1CCC(CNc2nc(N)cn3ccnc23)C1. The lowest BCUT2D eigenvalue weighted by atomic mass is 10.1. The molecule has 1 fully saturated rings. The molecule has 3 N–H and O–H groups in total. The first-order valence-electron chi connectivity index (χ1n) is 6.81. The molecule has 0 saturated carbocycles. The fourth-order valence-electron chi connectivity index (χ4n) is 2.68. The van der Waals surface area contributed by atoms with E-state index in [1.54, 1.807) is 12.4 Å². The van der Waals surface area contributed by atoms with Gasteiger partial charge in [0.15, 0.2) is 11.5 Å². The van der Waals surface area contributed by atoms with Crippen LogP contribution < -0.4 is 11.1 Å². The molecule has 2 aromatic rings. The van der Waals surface area contributed by atoms with Crippen LogP contribution in [0.5, 0.6) is 0 Å². The zero-order chi connectivity index (χ0) is 13.2. The second kappa shape index (κ2) is 5.05. The third-order valence-corrected chi connectivity index (χ3v) is 3.77. The Labute approximate surface area is 112 Å². The van der Waals surface area contributed by atoms with Gasteiger partial charge < -0.3 is 20.4 Å². The Morgan fingerprint density at radius 1 is 1.53 bits per heavy atom. The van der Waals surface area contributed by atoms with E-state index in [1.165, 1.54) is 13.0 Å². The summed E-state index contributed by atoms with van der Waals surface area (Å²) in [5, 5.41) is 3.40. The second-order valence-corrected chi connectivity index (χ2v) is 5.10. The second-order valence-electron chi connectivity index (χ2n) is 5.10. The highest BCUT2D eigenvalue weighted by molar-refractivity contribution is 5.64. The first-order valence-corrected chi connectivity index (χ1v) is 6.81. The highest BCUT2D eigenvalue weighted by Gasteiger charge is 2.21. The summed E-state index contributed by atoms with van der Waals surface area (Å²) < 4.78 is 1.90. The summed E-state index contributed by atoms with van der Waals surface area (Å²) in [6.07, 6.45) is 6.67. The number of nitrogens with two attached hydrogens (primary N) is 1. The largest absolute Gasteiger partial charge is 0.382 e. The Balaban J connectivity index is 1.70. The van der Waals surface area contributed by atoms with Crippen LogP contribution in [0, 0.1) is 5.92 Å². The fourth-order valence-corrected chi connectivity index (χ4v) is 2.68. The van der Waals surface area contributed by atoms with E-state index in [-0.39, 0.29) is 0 Å². The average molecular weight is 260 g/mol. The van der Waals surface area contributed by atoms with E-state index in [9.17, 15) is 0 Å². The van der Waals surface area contributed by atoms with Gasteiger partial charge in [-0.3, -0.25) is 0 Å². The zero-order valence-electron chi connectivity index (χ0n) is 11.2. The summed E-state index contributed by atoms with van der Waals surface area (Å²) in [6, 6.07) is 0. The summed E-state index contributed by atoms with van der Waals surface area (Å²) in [7, 11) is 0. The first kappa shape index (κ1) is 12.2. The molecule has 1 aliphatic rings. The van der Waals surface area contributed by atoms with Gasteiger partial charge in [-0.1, -0.05) is 6.92 Å². The molecule has 0 aromatic carbocycles. The monoisotopic (exact) mass is 260 g/mol. The van der Waals surface area contributed by atoms with Crippen LogP contribution in [-0.2, 0) is 0 Å². The molecule has 0 aliphatic carbocycles. The minimum atomic E-state index is 0.509. The van der Waals surface area contributed by atoms with Crippen LogP contribution in [0.4, 0.5) is 11.6 Å². The Morgan fingerprint density at radius 3 is 3.21 bits per heavy atom. The molecule has 3 rings (SSSR count). The van der Waals surface area contributed by atoms with Gasteiger partial charge in [-0.15, -0.1) is 0 Å². The number of hydrogen-bond acceptors (Lipinski definition) is 5. The van der Waals surface area contributed by atoms with E-state index < -0.39 is 0 Å². The Morgan fingerprint density at radius 2 is 2.42 bits per heavy atom. The number of imidazole rings is 1. The van der Waals surface area contributed by atoms with Crippen molar-refractivity contribution in [1.82, 2.24) is 19.3 Å². The van der Waals surface area contributed by atoms with Crippen molar-refractivity contribution in [2.24, 2.45) is 5.92 Å². The number of anilines is 2. The van der Waals surface area contributed by atoms with Gasteiger partial charge in [-0.25, -0.2) is 9.97 Å². The molecule has 1 atom stereocenters. The highest BCUT2D eigenvalue weighted by atomic mass is 15.2. The van der Waals surface area contributed by atoms with Gasteiger partial charge in [0.1, 0.15) is 5.82 Å². The van der Waals surface area contributed by atoms with Gasteiger partial charge in [0.25, 0.3) is 0 Å². The first-order chi connectivity index (χ1) is 9.26. The summed E-state index contributed by atoms with van der Waals surface area (Å²) in [6.45, 7) is 6.64. The summed E-state index contributed by atoms with van der Waals surface area (Å²) in [5.74, 6) is 1.97. The maximum Gasteiger partial charge on any atom is 0.180 e. The van der Waals surface area contributed by atoms with Crippen LogP contribution in [0.2, 0.25) is 0 Å². The molecule has 19 heavy (non-hydrogen) atoms. The predicted octanol–water partition coefficient (Wildman–Crippen LogP) is 1.07. The van der Waals surface area contributed by atoms with Gasteiger partial charge in [0.05, 0.1) is 6.20 Å². The maximum atomic E-state index is 5.80. The molecule has 3 heterocycles. The quantitative estimate of drug-likeness (QED) is 0.860. The molecule has 0 radical (unpaired) electrons. The number of aromatic nitrogens is 3. The molecule has 1 aliphatic heterocycles. The highest BCUT2D eigenvalue weighted by Crippen LogP contribution is 2.19. The Hall–Kier alpha value is -1.82. The van der Waals surface area contributed by atoms with Crippen LogP contribution in [0.15, 0.2) is 18.6 Å². The van der Waals surface area contributed by atoms with E-state index in [1.807, 2.05) is 10.6 Å². The van der Waals surface area contributed by atoms with Crippen molar-refractivity contribution >= 4 is 17.3 Å². The van der Waals surface area contributed by atoms with Gasteiger partial charge in [0, 0.05) is 25.5 Å². The van der Waals surface area contributed by atoms with E-state index in [0.717, 1.165) is 31.1 Å². The van der Waals surface area contributed by atoms with Crippen LogP contribution in [-0.4, -0.2) is 45.4 Å². The summed E-state index contributed by atoms with van der Waals surface area (Å²) in [5.41, 5.74) is 6.64. The number of nitrogens with zero attached hydrogens (tertiary/aromatic N) is 4. The van der Waals surface area contributed by atoms with Crippen LogP contribution in [0.1, 0.15) is 13.3 Å². The third-order valence-electron chi connectivity index (χ3n) is 3.77. The van der Waals surface area contributed by atoms with Crippen molar-refractivity contribution in [3.05, 3.63) is 18.6 Å². The lowest BCUT2D eigenvalue weighted by molar-refractivity contribution is 0.345. The molecule has 0 amide bonds. The maximum absolute atomic E-state index is 5.80. The minimum absolute atomic E-state index is 0.509. The van der Waals surface area contributed by atoms with Crippen molar-refractivity contribution in [2.75, 3.05) is 37.2 Å². The molecular formula is C13H20N6. The predicted molar refractivity (Wildman–Crippen MR) is 76.1 cm³/mol. The molecule has 2 aromatic heterocycles. The van der Waals surface area contributed by atoms with Gasteiger partial charge >= 0.3 is 0 Å². The number of nitrogen functional groups attached to an aromatic ring is 1. The van der Waals surface area contributed by atoms with Crippen LogP contribution in [0.3, 0.4) is 0 Å². The molecule has 1 unspecified atom stereocenters. The van der Waals surface area contributed by atoms with Crippen molar-refractivity contribution < 1.29 is 0 Å². The molecule has 102 valence electrons. The lowest BCUT2D eigenvalue weighted by Crippen LogP contribution is -2.22. The molecule has 6 heteroatoms. The number of likely N-dealkylation sites (tertiary alicyclic amines) is 1. The van der Waals surface area contributed by atoms with Gasteiger partial charge in [0.2, 0.25) is 0 Å². The van der Waals surface area contributed by atoms with Gasteiger partial charge in [-0.05, 0) is 25.4 Å². The lowest BCUT2D eigenvalue weighted by Gasteiger charge is -2.14. The fraction of sp³-hybridized carbons (Fsp3) is 0.538.